The maximum Gasteiger partial charge on any atom is 0.167 e. The molecule has 0 aliphatic heterocycles. The van der Waals surface area contributed by atoms with E-state index in [1.54, 1.807) is 36.5 Å². The zero-order chi connectivity index (χ0) is 14.8. The molecule has 0 unspecified atom stereocenters. The Morgan fingerprint density at radius 3 is 2.76 bits per heavy atom. The molecule has 1 aromatic heterocycles. The lowest BCUT2D eigenvalue weighted by molar-refractivity contribution is 0.0994. The number of benzene rings is 2. The van der Waals surface area contributed by atoms with Crippen molar-refractivity contribution in [1.82, 2.24) is 4.98 Å². The van der Waals surface area contributed by atoms with Crippen molar-refractivity contribution < 1.29 is 9.18 Å². The van der Waals surface area contributed by atoms with Crippen LogP contribution in [0.25, 0.3) is 10.9 Å². The average molecular weight is 300 g/mol. The highest BCUT2D eigenvalue weighted by Gasteiger charge is 2.14. The van der Waals surface area contributed by atoms with Crippen molar-refractivity contribution in [2.75, 3.05) is 0 Å². The maximum absolute atomic E-state index is 13.4. The van der Waals surface area contributed by atoms with E-state index in [0.717, 1.165) is 10.9 Å². The second-order valence-electron chi connectivity index (χ2n) is 4.69. The van der Waals surface area contributed by atoms with E-state index in [0.29, 0.717) is 11.1 Å². The van der Waals surface area contributed by atoms with Crippen molar-refractivity contribution >= 4 is 28.3 Å². The molecule has 104 valence electrons. The molecule has 0 radical (unpaired) electrons. The summed E-state index contributed by atoms with van der Waals surface area (Å²) in [5, 5.41) is 0.793. The molecule has 0 saturated carbocycles. The lowest BCUT2D eigenvalue weighted by atomic mass is 9.99. The van der Waals surface area contributed by atoms with E-state index in [2.05, 4.69) is 4.98 Å². The molecule has 0 aliphatic carbocycles. The molecule has 3 aromatic rings. The van der Waals surface area contributed by atoms with E-state index >= 15 is 0 Å². The van der Waals surface area contributed by atoms with Crippen LogP contribution in [0.3, 0.4) is 0 Å². The van der Waals surface area contributed by atoms with Gasteiger partial charge < -0.3 is 0 Å². The zero-order valence-corrected chi connectivity index (χ0v) is 11.8. The summed E-state index contributed by atoms with van der Waals surface area (Å²) < 4.78 is 13.4. The minimum atomic E-state index is -0.512. The highest BCUT2D eigenvalue weighted by Crippen LogP contribution is 2.23. The molecule has 2 nitrogen and oxygen atoms in total. The normalized spacial score (nSPS) is 10.8. The van der Waals surface area contributed by atoms with Gasteiger partial charge in [-0.2, -0.15) is 0 Å². The fraction of sp³-hybridized carbons (Fsp3) is 0.0588. The lowest BCUT2D eigenvalue weighted by Crippen LogP contribution is -2.05. The molecular weight excluding hydrogens is 289 g/mol. The summed E-state index contributed by atoms with van der Waals surface area (Å²) in [6, 6.07) is 13.5. The number of nitrogens with zero attached hydrogens (tertiary/aromatic N) is 1. The van der Waals surface area contributed by atoms with Crippen LogP contribution in [-0.2, 0) is 6.42 Å². The van der Waals surface area contributed by atoms with Crippen LogP contribution in [0.4, 0.5) is 4.39 Å². The van der Waals surface area contributed by atoms with Crippen molar-refractivity contribution in [2.45, 2.75) is 6.42 Å². The molecule has 0 aliphatic rings. The van der Waals surface area contributed by atoms with Crippen molar-refractivity contribution in [3.05, 3.63) is 76.7 Å². The molecular formula is C17H11ClFNO. The van der Waals surface area contributed by atoms with Crippen LogP contribution >= 0.6 is 11.6 Å². The van der Waals surface area contributed by atoms with Crippen LogP contribution in [-0.4, -0.2) is 10.8 Å². The van der Waals surface area contributed by atoms with Crippen LogP contribution in [0.15, 0.2) is 54.7 Å². The predicted octanol–water partition coefficient (Wildman–Crippen LogP) is 4.45. The molecule has 21 heavy (non-hydrogen) atoms. The van der Waals surface area contributed by atoms with Crippen molar-refractivity contribution in [2.24, 2.45) is 0 Å². The number of hydrogen-bond donors (Lipinski definition) is 0. The second kappa shape index (κ2) is 5.62. The summed E-state index contributed by atoms with van der Waals surface area (Å²) >= 11 is 5.90. The van der Waals surface area contributed by atoms with Gasteiger partial charge in [-0.3, -0.25) is 9.78 Å². The number of carbonyl (C=O) groups excluding carboxylic acids is 1. The Morgan fingerprint density at radius 1 is 1.10 bits per heavy atom. The summed E-state index contributed by atoms with van der Waals surface area (Å²) in [5.74, 6) is -0.623. The first kappa shape index (κ1) is 13.7. The van der Waals surface area contributed by atoms with Crippen LogP contribution in [0, 0.1) is 5.82 Å². The highest BCUT2D eigenvalue weighted by atomic mass is 35.5. The van der Waals surface area contributed by atoms with Gasteiger partial charge in [-0.15, -0.1) is 0 Å². The largest absolute Gasteiger partial charge is 0.294 e. The number of hydrogen-bond acceptors (Lipinski definition) is 2. The van der Waals surface area contributed by atoms with E-state index in [-0.39, 0.29) is 17.2 Å². The number of pyridine rings is 1. The summed E-state index contributed by atoms with van der Waals surface area (Å²) in [6.07, 6.45) is 1.74. The van der Waals surface area contributed by atoms with Gasteiger partial charge in [-0.1, -0.05) is 41.9 Å². The van der Waals surface area contributed by atoms with Gasteiger partial charge in [0.25, 0.3) is 0 Å². The standard InChI is InChI=1S/C17H11ClFNO/c18-17-11(4-1-7-14(17)19)10-16(21)13-5-2-8-15-12(13)6-3-9-20-15/h1-9H,10H2. The Balaban J connectivity index is 2.00. The van der Waals surface area contributed by atoms with E-state index < -0.39 is 5.82 Å². The minimum Gasteiger partial charge on any atom is -0.294 e. The molecule has 1 heterocycles. The fourth-order valence-corrected chi connectivity index (χ4v) is 2.49. The topological polar surface area (TPSA) is 30.0 Å². The number of ketones is 1. The number of fused-ring (bicyclic) bond motifs is 1. The number of halogens is 2. The third-order valence-corrected chi connectivity index (χ3v) is 3.75. The summed E-state index contributed by atoms with van der Waals surface area (Å²) in [4.78, 5) is 16.7. The van der Waals surface area contributed by atoms with Gasteiger partial charge in [0.1, 0.15) is 5.82 Å². The van der Waals surface area contributed by atoms with Crippen molar-refractivity contribution in [3.8, 4) is 0 Å². The highest BCUT2D eigenvalue weighted by molar-refractivity contribution is 6.31. The Hall–Kier alpha value is -2.26. The van der Waals surface area contributed by atoms with Gasteiger partial charge >= 0.3 is 0 Å². The van der Waals surface area contributed by atoms with Crippen LogP contribution in [0.5, 0.6) is 0 Å². The zero-order valence-electron chi connectivity index (χ0n) is 11.0. The molecule has 0 bridgehead atoms. The van der Waals surface area contributed by atoms with Gasteiger partial charge in [0.15, 0.2) is 5.78 Å². The van der Waals surface area contributed by atoms with Crippen molar-refractivity contribution in [1.29, 1.82) is 0 Å². The van der Waals surface area contributed by atoms with E-state index in [9.17, 15) is 9.18 Å². The van der Waals surface area contributed by atoms with E-state index in [1.165, 1.54) is 6.07 Å². The number of rotatable bonds is 3. The van der Waals surface area contributed by atoms with Crippen LogP contribution < -0.4 is 0 Å². The van der Waals surface area contributed by atoms with E-state index in [4.69, 9.17) is 11.6 Å². The first-order valence-electron chi connectivity index (χ1n) is 6.46. The third-order valence-electron chi connectivity index (χ3n) is 3.33. The third kappa shape index (κ3) is 2.65. The van der Waals surface area contributed by atoms with Gasteiger partial charge in [0.05, 0.1) is 10.5 Å². The predicted molar refractivity (Wildman–Crippen MR) is 81.2 cm³/mol. The minimum absolute atomic E-state index is 0.00390. The monoisotopic (exact) mass is 299 g/mol. The summed E-state index contributed by atoms with van der Waals surface area (Å²) in [7, 11) is 0. The van der Waals surface area contributed by atoms with Crippen LogP contribution in [0.2, 0.25) is 5.02 Å². The molecule has 0 fully saturated rings. The molecule has 0 amide bonds. The van der Waals surface area contributed by atoms with Gasteiger partial charge in [-0.05, 0) is 23.8 Å². The Morgan fingerprint density at radius 2 is 1.90 bits per heavy atom. The average Bonchev–Trinajstić information content (AvgIpc) is 2.51. The Labute approximate surface area is 126 Å². The lowest BCUT2D eigenvalue weighted by Gasteiger charge is -2.07. The quantitative estimate of drug-likeness (QED) is 0.669. The molecule has 0 N–H and O–H groups in total. The second-order valence-corrected chi connectivity index (χ2v) is 5.07. The number of aromatic nitrogens is 1. The smallest absolute Gasteiger partial charge is 0.167 e. The van der Waals surface area contributed by atoms with Crippen molar-refractivity contribution in [3.63, 3.8) is 0 Å². The van der Waals surface area contributed by atoms with Gasteiger partial charge in [0, 0.05) is 23.6 Å². The molecule has 0 atom stereocenters. The van der Waals surface area contributed by atoms with E-state index in [1.807, 2.05) is 12.1 Å². The SMILES string of the molecule is O=C(Cc1cccc(F)c1Cl)c1cccc2ncccc12. The Bertz CT molecular complexity index is 827. The first-order chi connectivity index (χ1) is 10.2. The summed E-state index contributed by atoms with van der Waals surface area (Å²) in [5.41, 5.74) is 1.82. The molecule has 0 saturated heterocycles. The number of carbonyl (C=O) groups is 1. The molecule has 0 spiro atoms. The number of Topliss-reactive ketones (excluding diaryl/α,β-unsaturated/α-hetero) is 1. The summed E-state index contributed by atoms with van der Waals surface area (Å²) in [6.45, 7) is 0. The van der Waals surface area contributed by atoms with Gasteiger partial charge in [-0.25, -0.2) is 4.39 Å². The first-order valence-corrected chi connectivity index (χ1v) is 6.84. The maximum atomic E-state index is 13.4. The van der Waals surface area contributed by atoms with Crippen LogP contribution in [0.1, 0.15) is 15.9 Å². The fourth-order valence-electron chi connectivity index (χ4n) is 2.30. The Kier molecular flexibility index (Phi) is 3.67. The molecule has 3 rings (SSSR count). The van der Waals surface area contributed by atoms with Gasteiger partial charge in [0.2, 0.25) is 0 Å². The molecule has 2 aromatic carbocycles. The molecule has 4 heteroatoms.